The maximum Gasteiger partial charge on any atom is 0.223 e. The van der Waals surface area contributed by atoms with Gasteiger partial charge in [0.15, 0.2) is 5.37 Å². The summed E-state index contributed by atoms with van der Waals surface area (Å²) >= 11 is 1.71. The fraction of sp³-hybridized carbons (Fsp3) is 0.261. The molecule has 2 aromatic rings. The first-order chi connectivity index (χ1) is 14.0. The Balaban J connectivity index is 1.44. The van der Waals surface area contributed by atoms with Crippen LogP contribution in [0.2, 0.25) is 0 Å². The summed E-state index contributed by atoms with van der Waals surface area (Å²) in [5.74, 6) is 0.193. The van der Waals surface area contributed by atoms with Gasteiger partial charge in [0.25, 0.3) is 0 Å². The van der Waals surface area contributed by atoms with E-state index in [1.54, 1.807) is 25.6 Å². The Morgan fingerprint density at radius 3 is 2.14 bits per heavy atom. The van der Waals surface area contributed by atoms with Crippen LogP contribution in [0.5, 0.6) is 0 Å². The molecular formula is C23H22N3O2S. The second kappa shape index (κ2) is 6.95. The normalized spacial score (nSPS) is 17.8. The largest absolute Gasteiger partial charge is 0.325 e. The lowest BCUT2D eigenvalue weighted by molar-refractivity contribution is -0.117. The highest BCUT2D eigenvalue weighted by atomic mass is 32.2. The molecule has 2 amide bonds. The van der Waals surface area contributed by atoms with Crippen molar-refractivity contribution >= 4 is 40.6 Å². The summed E-state index contributed by atoms with van der Waals surface area (Å²) in [4.78, 5) is 29.5. The van der Waals surface area contributed by atoms with Gasteiger partial charge in [0, 0.05) is 50.2 Å². The van der Waals surface area contributed by atoms with Gasteiger partial charge in [0.2, 0.25) is 11.8 Å². The van der Waals surface area contributed by atoms with Crippen LogP contribution >= 0.6 is 11.8 Å². The van der Waals surface area contributed by atoms with Gasteiger partial charge in [0.05, 0.1) is 0 Å². The number of carbonyl (C=O) groups excluding carboxylic acids is 2. The van der Waals surface area contributed by atoms with Gasteiger partial charge in [-0.3, -0.25) is 9.59 Å². The predicted molar refractivity (Wildman–Crippen MR) is 118 cm³/mol. The minimum atomic E-state index is 0.0955. The monoisotopic (exact) mass is 404 g/mol. The van der Waals surface area contributed by atoms with Crippen LogP contribution in [-0.2, 0) is 22.4 Å². The van der Waals surface area contributed by atoms with Gasteiger partial charge in [-0.25, -0.2) is 0 Å². The molecule has 0 bridgehead atoms. The maximum absolute atomic E-state index is 11.8. The molecule has 6 heteroatoms. The summed E-state index contributed by atoms with van der Waals surface area (Å²) < 4.78 is 0. The molecule has 2 aromatic carbocycles. The van der Waals surface area contributed by atoms with Gasteiger partial charge in [-0.05, 0) is 59.2 Å². The SMILES string of the molecule is CC(=O)N1CCc2cc([C]3SC=CN3c3ccc4c(c3)CCN4C(C)=O)ccc21. The van der Waals surface area contributed by atoms with E-state index in [1.807, 2.05) is 9.80 Å². The zero-order valence-corrected chi connectivity index (χ0v) is 17.3. The van der Waals surface area contributed by atoms with Crippen LogP contribution in [0.3, 0.4) is 0 Å². The second-order valence-electron chi connectivity index (χ2n) is 7.58. The lowest BCUT2D eigenvalue weighted by atomic mass is 10.1. The first-order valence-corrected chi connectivity index (χ1v) is 10.7. The third-order valence-electron chi connectivity index (χ3n) is 5.83. The molecule has 3 aliphatic heterocycles. The van der Waals surface area contributed by atoms with Crippen LogP contribution in [0.15, 0.2) is 48.0 Å². The molecule has 1 radical (unpaired) electrons. The van der Waals surface area contributed by atoms with Crippen molar-refractivity contribution in [1.82, 2.24) is 0 Å². The highest BCUT2D eigenvalue weighted by Gasteiger charge is 2.30. The number of thioether (sulfide) groups is 1. The number of carbonyl (C=O) groups is 2. The van der Waals surface area contributed by atoms with Crippen molar-refractivity contribution in [3.8, 4) is 0 Å². The Morgan fingerprint density at radius 2 is 1.48 bits per heavy atom. The van der Waals surface area contributed by atoms with Crippen molar-refractivity contribution < 1.29 is 9.59 Å². The number of benzene rings is 2. The molecule has 0 saturated heterocycles. The molecule has 29 heavy (non-hydrogen) atoms. The summed E-state index contributed by atoms with van der Waals surface area (Å²) in [6.07, 6.45) is 3.88. The molecule has 0 aliphatic carbocycles. The van der Waals surface area contributed by atoms with E-state index >= 15 is 0 Å². The molecule has 0 fully saturated rings. The third kappa shape index (κ3) is 3.02. The molecule has 5 rings (SSSR count). The summed E-state index contributed by atoms with van der Waals surface area (Å²) in [5.41, 5.74) is 6.77. The van der Waals surface area contributed by atoms with Crippen LogP contribution in [0.25, 0.3) is 0 Å². The number of amides is 2. The Labute approximate surface area is 175 Å². The van der Waals surface area contributed by atoms with Crippen molar-refractivity contribution in [2.24, 2.45) is 0 Å². The summed E-state index contributed by atoms with van der Waals surface area (Å²) in [7, 11) is 0. The van der Waals surface area contributed by atoms with Crippen LogP contribution in [0, 0.1) is 5.37 Å². The Kier molecular flexibility index (Phi) is 4.39. The highest BCUT2D eigenvalue weighted by Crippen LogP contribution is 2.44. The highest BCUT2D eigenvalue weighted by molar-refractivity contribution is 8.05. The van der Waals surface area contributed by atoms with Crippen molar-refractivity contribution in [3.05, 3.63) is 70.1 Å². The minimum absolute atomic E-state index is 0.0955. The fourth-order valence-corrected chi connectivity index (χ4v) is 5.27. The van der Waals surface area contributed by atoms with Crippen LogP contribution < -0.4 is 14.7 Å². The van der Waals surface area contributed by atoms with Crippen molar-refractivity contribution in [2.45, 2.75) is 26.7 Å². The standard InChI is InChI=1S/C23H22N3O2S/c1-15(27)24-9-7-17-13-19(3-5-21(17)24)23-26(11-12-29-23)20-4-6-22-18(14-20)8-10-25(22)16(2)28/h3-6,11-14H,7-10H2,1-2H3. The first-order valence-electron chi connectivity index (χ1n) is 9.85. The molecular weight excluding hydrogens is 382 g/mol. The van der Waals surface area contributed by atoms with E-state index in [2.05, 4.69) is 52.9 Å². The molecule has 147 valence electrons. The summed E-state index contributed by atoms with van der Waals surface area (Å²) in [6, 6.07) is 12.7. The number of fused-ring (bicyclic) bond motifs is 2. The number of hydrogen-bond donors (Lipinski definition) is 0. The summed E-state index contributed by atoms with van der Waals surface area (Å²) in [5, 5.41) is 3.26. The average Bonchev–Trinajstić information content (AvgIpc) is 3.43. The number of nitrogens with zero attached hydrogens (tertiary/aromatic N) is 3. The predicted octanol–water partition coefficient (Wildman–Crippen LogP) is 4.07. The third-order valence-corrected chi connectivity index (χ3v) is 6.74. The fourth-order valence-electron chi connectivity index (χ4n) is 4.42. The quantitative estimate of drug-likeness (QED) is 0.757. The van der Waals surface area contributed by atoms with Crippen LogP contribution in [0.4, 0.5) is 17.1 Å². The molecule has 3 heterocycles. The molecule has 0 saturated carbocycles. The van der Waals surface area contributed by atoms with Crippen molar-refractivity contribution in [2.75, 3.05) is 27.8 Å². The second-order valence-corrected chi connectivity index (χ2v) is 8.47. The minimum Gasteiger partial charge on any atom is -0.325 e. The van der Waals surface area contributed by atoms with Gasteiger partial charge in [0.1, 0.15) is 0 Å². The molecule has 0 aromatic heterocycles. The average molecular weight is 405 g/mol. The molecule has 5 nitrogen and oxygen atoms in total. The van der Waals surface area contributed by atoms with Crippen molar-refractivity contribution in [3.63, 3.8) is 0 Å². The molecule has 0 atom stereocenters. The van der Waals surface area contributed by atoms with E-state index in [-0.39, 0.29) is 11.8 Å². The van der Waals surface area contributed by atoms with E-state index in [0.29, 0.717) is 0 Å². The van der Waals surface area contributed by atoms with Crippen LogP contribution in [-0.4, -0.2) is 24.9 Å². The summed E-state index contributed by atoms with van der Waals surface area (Å²) in [6.45, 7) is 4.76. The van der Waals surface area contributed by atoms with Gasteiger partial charge in [-0.15, -0.1) is 0 Å². The van der Waals surface area contributed by atoms with E-state index in [0.717, 1.165) is 53.9 Å². The zero-order chi connectivity index (χ0) is 20.1. The van der Waals surface area contributed by atoms with E-state index < -0.39 is 0 Å². The lowest BCUT2D eigenvalue weighted by Crippen LogP contribution is -2.25. The zero-order valence-electron chi connectivity index (χ0n) is 16.5. The van der Waals surface area contributed by atoms with Gasteiger partial charge in [-0.1, -0.05) is 23.9 Å². The smallest absolute Gasteiger partial charge is 0.223 e. The lowest BCUT2D eigenvalue weighted by Gasteiger charge is -2.25. The Bertz CT molecular complexity index is 1050. The van der Waals surface area contributed by atoms with E-state index in [4.69, 9.17) is 0 Å². The molecule has 0 spiro atoms. The van der Waals surface area contributed by atoms with E-state index in [9.17, 15) is 9.59 Å². The number of anilines is 3. The Morgan fingerprint density at radius 1 is 0.862 bits per heavy atom. The Hall–Kier alpha value is -2.73. The van der Waals surface area contributed by atoms with Crippen LogP contribution in [0.1, 0.15) is 30.5 Å². The van der Waals surface area contributed by atoms with Gasteiger partial charge in [-0.2, -0.15) is 0 Å². The first kappa shape index (κ1) is 18.3. The van der Waals surface area contributed by atoms with Gasteiger partial charge >= 0.3 is 0 Å². The topological polar surface area (TPSA) is 43.9 Å². The van der Waals surface area contributed by atoms with E-state index in [1.165, 1.54) is 11.1 Å². The maximum atomic E-state index is 11.8. The molecule has 0 unspecified atom stereocenters. The number of rotatable bonds is 2. The number of hydrogen-bond acceptors (Lipinski definition) is 4. The molecule has 3 aliphatic rings. The van der Waals surface area contributed by atoms with Crippen molar-refractivity contribution in [1.29, 1.82) is 0 Å². The van der Waals surface area contributed by atoms with Gasteiger partial charge < -0.3 is 14.7 Å². The molecule has 0 N–H and O–H groups in total.